The number of thioether (sulfide) groups is 1. The molecule has 0 bridgehead atoms. The van der Waals surface area contributed by atoms with Gasteiger partial charge in [-0.05, 0) is 30.0 Å². The highest BCUT2D eigenvalue weighted by molar-refractivity contribution is 8.01. The normalized spacial score (nSPS) is 10.8. The molecule has 3 heterocycles. The average Bonchev–Trinajstić information content (AvgIpc) is 3.35. The molecule has 0 saturated carbocycles. The topological polar surface area (TPSA) is 71.3 Å². The molecule has 25 heavy (non-hydrogen) atoms. The highest BCUT2D eigenvalue weighted by atomic mass is 32.2. The number of hydrogen-bond donors (Lipinski definition) is 1. The Labute approximate surface area is 158 Å². The van der Waals surface area contributed by atoms with Gasteiger partial charge in [0.1, 0.15) is 5.76 Å². The van der Waals surface area contributed by atoms with E-state index in [1.54, 1.807) is 29.5 Å². The van der Waals surface area contributed by atoms with Crippen LogP contribution in [0.4, 0.5) is 5.13 Å². The second-order valence-electron chi connectivity index (χ2n) is 5.25. The minimum absolute atomic E-state index is 0.0313. The molecule has 3 aromatic rings. The molecule has 0 spiro atoms. The molecule has 0 atom stereocenters. The van der Waals surface area contributed by atoms with Crippen molar-refractivity contribution in [2.75, 3.05) is 24.7 Å². The lowest BCUT2D eigenvalue weighted by Crippen LogP contribution is -2.27. The Morgan fingerprint density at radius 3 is 3.04 bits per heavy atom. The van der Waals surface area contributed by atoms with Crippen LogP contribution in [-0.2, 0) is 17.8 Å². The van der Waals surface area contributed by atoms with Crippen LogP contribution in [-0.4, -0.2) is 40.3 Å². The Balaban J connectivity index is 1.39. The summed E-state index contributed by atoms with van der Waals surface area (Å²) in [5.41, 5.74) is 0. The Bertz CT molecular complexity index is 771. The third kappa shape index (κ3) is 5.58. The van der Waals surface area contributed by atoms with Crippen molar-refractivity contribution >= 4 is 45.5 Å². The molecule has 0 aliphatic rings. The number of thiophene rings is 1. The Morgan fingerprint density at radius 1 is 1.36 bits per heavy atom. The van der Waals surface area contributed by atoms with E-state index in [2.05, 4.69) is 33.0 Å². The number of carbonyl (C=O) groups excluding carboxylic acids is 1. The lowest BCUT2D eigenvalue weighted by molar-refractivity contribution is -0.127. The third-order valence-corrected chi connectivity index (χ3v) is 6.29. The smallest absolute Gasteiger partial charge is 0.233 e. The summed E-state index contributed by atoms with van der Waals surface area (Å²) in [7, 11) is 1.77. The van der Waals surface area contributed by atoms with Gasteiger partial charge in [-0.1, -0.05) is 29.2 Å². The number of aromatic nitrogens is 2. The van der Waals surface area contributed by atoms with E-state index in [1.807, 2.05) is 12.1 Å². The van der Waals surface area contributed by atoms with E-state index in [0.29, 0.717) is 12.3 Å². The van der Waals surface area contributed by atoms with Crippen LogP contribution in [0.15, 0.2) is 44.7 Å². The van der Waals surface area contributed by atoms with Crippen LogP contribution in [0.1, 0.15) is 10.6 Å². The Morgan fingerprint density at radius 2 is 2.28 bits per heavy atom. The summed E-state index contributed by atoms with van der Waals surface area (Å²) < 4.78 is 6.05. The number of hydrogen-bond acceptors (Lipinski definition) is 8. The van der Waals surface area contributed by atoms with Crippen LogP contribution in [0.25, 0.3) is 0 Å². The van der Waals surface area contributed by atoms with Crippen LogP contribution in [0.2, 0.25) is 0 Å². The van der Waals surface area contributed by atoms with Crippen LogP contribution >= 0.6 is 34.4 Å². The minimum Gasteiger partial charge on any atom is -0.467 e. The lowest BCUT2D eigenvalue weighted by atomic mass is 10.3. The number of nitrogens with zero attached hydrogens (tertiary/aromatic N) is 3. The van der Waals surface area contributed by atoms with E-state index in [1.165, 1.54) is 28.0 Å². The molecule has 6 nitrogen and oxygen atoms in total. The molecule has 3 aromatic heterocycles. The summed E-state index contributed by atoms with van der Waals surface area (Å²) in [5, 5.41) is 14.4. The van der Waals surface area contributed by atoms with Gasteiger partial charge in [0.05, 0.1) is 18.6 Å². The zero-order chi connectivity index (χ0) is 17.5. The van der Waals surface area contributed by atoms with Crippen molar-refractivity contribution in [2.45, 2.75) is 17.3 Å². The first-order valence-corrected chi connectivity index (χ1v) is 10.4. The standard InChI is InChI=1S/C16H18N4O2S3/c1-20(10-12-4-2-8-22-12)14(21)11-24-16-19-18-15(25-16)17-7-6-13-5-3-9-23-13/h2-5,8-9H,6-7,10-11H2,1H3,(H,17,18). The molecule has 0 aromatic carbocycles. The Hall–Kier alpha value is -1.84. The molecule has 0 fully saturated rings. The number of rotatable bonds is 9. The molecule has 9 heteroatoms. The third-order valence-electron chi connectivity index (χ3n) is 3.35. The van der Waals surface area contributed by atoms with Crippen molar-refractivity contribution in [3.63, 3.8) is 0 Å². The number of nitrogens with one attached hydrogen (secondary N) is 1. The zero-order valence-corrected chi connectivity index (χ0v) is 16.1. The summed E-state index contributed by atoms with van der Waals surface area (Å²) in [6.07, 6.45) is 2.58. The van der Waals surface area contributed by atoms with Gasteiger partial charge in [-0.15, -0.1) is 21.5 Å². The zero-order valence-electron chi connectivity index (χ0n) is 13.7. The van der Waals surface area contributed by atoms with Crippen molar-refractivity contribution in [1.82, 2.24) is 15.1 Å². The van der Waals surface area contributed by atoms with Gasteiger partial charge in [0.15, 0.2) is 4.34 Å². The summed E-state index contributed by atoms with van der Waals surface area (Å²) >= 11 is 4.63. The maximum Gasteiger partial charge on any atom is 0.233 e. The van der Waals surface area contributed by atoms with Gasteiger partial charge in [-0.3, -0.25) is 4.79 Å². The predicted octanol–water partition coefficient (Wildman–Crippen LogP) is 3.60. The molecule has 1 N–H and O–H groups in total. The molecule has 0 unspecified atom stereocenters. The van der Waals surface area contributed by atoms with Gasteiger partial charge in [-0.25, -0.2) is 0 Å². The summed E-state index contributed by atoms with van der Waals surface area (Å²) in [6, 6.07) is 7.85. The SMILES string of the molecule is CN(Cc1ccco1)C(=O)CSc1nnc(NCCc2cccs2)s1. The van der Waals surface area contributed by atoms with Gasteiger partial charge in [0, 0.05) is 18.5 Å². The maximum atomic E-state index is 12.2. The van der Waals surface area contributed by atoms with Crippen molar-refractivity contribution in [3.05, 3.63) is 46.5 Å². The second kappa shape index (κ2) is 9.02. The molecule has 1 amide bonds. The average molecular weight is 395 g/mol. The molecule has 132 valence electrons. The van der Waals surface area contributed by atoms with Crippen molar-refractivity contribution in [1.29, 1.82) is 0 Å². The lowest BCUT2D eigenvalue weighted by Gasteiger charge is -2.14. The van der Waals surface area contributed by atoms with Gasteiger partial charge in [-0.2, -0.15) is 0 Å². The van der Waals surface area contributed by atoms with Crippen LogP contribution < -0.4 is 5.32 Å². The van der Waals surface area contributed by atoms with E-state index in [0.717, 1.165) is 28.2 Å². The number of carbonyl (C=O) groups is 1. The van der Waals surface area contributed by atoms with Gasteiger partial charge >= 0.3 is 0 Å². The van der Waals surface area contributed by atoms with Crippen molar-refractivity contribution in [3.8, 4) is 0 Å². The van der Waals surface area contributed by atoms with E-state index >= 15 is 0 Å². The molecular formula is C16H18N4O2S3. The minimum atomic E-state index is 0.0313. The molecular weight excluding hydrogens is 376 g/mol. The van der Waals surface area contributed by atoms with Crippen LogP contribution in [0.3, 0.4) is 0 Å². The first-order valence-electron chi connectivity index (χ1n) is 7.69. The predicted molar refractivity (Wildman–Crippen MR) is 102 cm³/mol. The monoisotopic (exact) mass is 394 g/mol. The summed E-state index contributed by atoms with van der Waals surface area (Å²) in [5.74, 6) is 1.14. The van der Waals surface area contributed by atoms with E-state index in [-0.39, 0.29) is 5.91 Å². The molecule has 0 radical (unpaired) electrons. The van der Waals surface area contributed by atoms with Crippen LogP contribution in [0.5, 0.6) is 0 Å². The number of furan rings is 1. The molecule has 3 rings (SSSR count). The van der Waals surface area contributed by atoms with E-state index < -0.39 is 0 Å². The summed E-state index contributed by atoms with van der Waals surface area (Å²) in [6.45, 7) is 1.29. The molecule has 0 saturated heterocycles. The maximum absolute atomic E-state index is 12.2. The van der Waals surface area contributed by atoms with Crippen molar-refractivity contribution in [2.24, 2.45) is 0 Å². The van der Waals surface area contributed by atoms with Gasteiger partial charge < -0.3 is 14.6 Å². The van der Waals surface area contributed by atoms with Crippen molar-refractivity contribution < 1.29 is 9.21 Å². The number of anilines is 1. The fraction of sp³-hybridized carbons (Fsp3) is 0.312. The highest BCUT2D eigenvalue weighted by Crippen LogP contribution is 2.25. The summed E-state index contributed by atoms with van der Waals surface area (Å²) in [4.78, 5) is 15.1. The van der Waals surface area contributed by atoms with Crippen LogP contribution in [0, 0.1) is 0 Å². The van der Waals surface area contributed by atoms with Gasteiger partial charge in [0.2, 0.25) is 11.0 Å². The largest absolute Gasteiger partial charge is 0.467 e. The second-order valence-corrected chi connectivity index (χ2v) is 8.48. The fourth-order valence-electron chi connectivity index (χ4n) is 2.05. The Kier molecular flexibility index (Phi) is 6.48. The highest BCUT2D eigenvalue weighted by Gasteiger charge is 2.13. The first-order chi connectivity index (χ1) is 12.2. The van der Waals surface area contributed by atoms with E-state index in [9.17, 15) is 4.79 Å². The molecule has 0 aliphatic carbocycles. The molecule has 0 aliphatic heterocycles. The fourth-order valence-corrected chi connectivity index (χ4v) is 4.47. The number of amides is 1. The quantitative estimate of drug-likeness (QED) is 0.559. The van der Waals surface area contributed by atoms with E-state index in [4.69, 9.17) is 4.42 Å². The first kappa shape index (κ1) is 18.0. The van der Waals surface area contributed by atoms with Gasteiger partial charge in [0.25, 0.3) is 0 Å².